The van der Waals surface area contributed by atoms with Gasteiger partial charge in [0.15, 0.2) is 0 Å². The highest BCUT2D eigenvalue weighted by atomic mass is 35.5. The van der Waals surface area contributed by atoms with Gasteiger partial charge in [-0.05, 0) is 25.1 Å². The maximum atomic E-state index is 11.9. The summed E-state index contributed by atoms with van der Waals surface area (Å²) in [7, 11) is 0. The van der Waals surface area contributed by atoms with E-state index in [9.17, 15) is 4.79 Å². The van der Waals surface area contributed by atoms with Gasteiger partial charge >= 0.3 is 0 Å². The normalized spacial score (nSPS) is 16.8. The van der Waals surface area contributed by atoms with Crippen LogP contribution in [-0.2, 0) is 11.3 Å². The van der Waals surface area contributed by atoms with Crippen LogP contribution in [0.1, 0.15) is 12.5 Å². The van der Waals surface area contributed by atoms with Crippen molar-refractivity contribution in [3.8, 4) is 5.75 Å². The van der Waals surface area contributed by atoms with Gasteiger partial charge < -0.3 is 9.64 Å². The molecule has 0 unspecified atom stereocenters. The molecular formula is C12H13Cl2NO2. The van der Waals surface area contributed by atoms with Crippen molar-refractivity contribution in [2.24, 2.45) is 0 Å². The van der Waals surface area contributed by atoms with Crippen molar-refractivity contribution < 1.29 is 9.53 Å². The summed E-state index contributed by atoms with van der Waals surface area (Å²) in [5.74, 6) is 0.704. The first-order valence-corrected chi connectivity index (χ1v) is 6.23. The van der Waals surface area contributed by atoms with Crippen LogP contribution in [0.4, 0.5) is 0 Å². The maximum absolute atomic E-state index is 11.9. The highest BCUT2D eigenvalue weighted by Crippen LogP contribution is 2.26. The SMILES string of the molecule is C[C@@H](Cl)C(=O)N1CCOc2ccc(Cl)cc2C1. The van der Waals surface area contributed by atoms with Crippen molar-refractivity contribution in [1.82, 2.24) is 4.90 Å². The lowest BCUT2D eigenvalue weighted by Gasteiger charge is -2.20. The van der Waals surface area contributed by atoms with Crippen molar-refractivity contribution in [2.45, 2.75) is 18.8 Å². The van der Waals surface area contributed by atoms with Gasteiger partial charge in [-0.2, -0.15) is 0 Å². The molecule has 0 aromatic heterocycles. The van der Waals surface area contributed by atoms with E-state index in [0.717, 1.165) is 11.3 Å². The van der Waals surface area contributed by atoms with Crippen molar-refractivity contribution in [2.75, 3.05) is 13.2 Å². The van der Waals surface area contributed by atoms with E-state index in [1.54, 1.807) is 17.9 Å². The van der Waals surface area contributed by atoms with Gasteiger partial charge in [0, 0.05) is 17.1 Å². The number of nitrogens with zero attached hydrogens (tertiary/aromatic N) is 1. The Bertz CT molecular complexity index is 435. The number of halogens is 2. The van der Waals surface area contributed by atoms with Crippen LogP contribution in [0.2, 0.25) is 5.02 Å². The molecule has 0 fully saturated rings. The monoisotopic (exact) mass is 273 g/mol. The zero-order chi connectivity index (χ0) is 12.4. The van der Waals surface area contributed by atoms with E-state index in [4.69, 9.17) is 27.9 Å². The van der Waals surface area contributed by atoms with E-state index in [1.807, 2.05) is 12.1 Å². The van der Waals surface area contributed by atoms with Crippen LogP contribution in [0.15, 0.2) is 18.2 Å². The number of carbonyl (C=O) groups is 1. The Morgan fingerprint density at radius 2 is 2.29 bits per heavy atom. The molecule has 0 spiro atoms. The molecule has 1 aliphatic rings. The van der Waals surface area contributed by atoms with Crippen molar-refractivity contribution >= 4 is 29.1 Å². The van der Waals surface area contributed by atoms with E-state index in [0.29, 0.717) is 24.7 Å². The molecule has 2 rings (SSSR count). The third-order valence-electron chi connectivity index (χ3n) is 2.65. The fraction of sp³-hybridized carbons (Fsp3) is 0.417. The molecule has 3 nitrogen and oxygen atoms in total. The molecule has 17 heavy (non-hydrogen) atoms. The molecule has 0 saturated carbocycles. The largest absolute Gasteiger partial charge is 0.491 e. The Morgan fingerprint density at radius 3 is 3.00 bits per heavy atom. The van der Waals surface area contributed by atoms with Gasteiger partial charge in [-0.25, -0.2) is 0 Å². The predicted molar refractivity (Wildman–Crippen MR) is 67.7 cm³/mol. The Balaban J connectivity index is 2.24. The fourth-order valence-corrected chi connectivity index (χ4v) is 2.14. The minimum atomic E-state index is -0.518. The lowest BCUT2D eigenvalue weighted by Crippen LogP contribution is -2.36. The van der Waals surface area contributed by atoms with E-state index in [-0.39, 0.29) is 5.91 Å². The number of alkyl halides is 1. The lowest BCUT2D eigenvalue weighted by atomic mass is 10.2. The topological polar surface area (TPSA) is 29.5 Å². The van der Waals surface area contributed by atoms with Gasteiger partial charge in [0.2, 0.25) is 5.91 Å². The molecule has 0 N–H and O–H groups in total. The maximum Gasteiger partial charge on any atom is 0.240 e. The number of hydrogen-bond acceptors (Lipinski definition) is 2. The van der Waals surface area contributed by atoms with Crippen LogP contribution in [-0.4, -0.2) is 29.3 Å². The molecule has 1 aliphatic heterocycles. The average Bonchev–Trinajstić information content (AvgIpc) is 2.49. The third-order valence-corrected chi connectivity index (χ3v) is 3.08. The minimum Gasteiger partial charge on any atom is -0.491 e. The first-order chi connectivity index (χ1) is 8.08. The van der Waals surface area contributed by atoms with Crippen LogP contribution in [0, 0.1) is 0 Å². The fourth-order valence-electron chi connectivity index (χ4n) is 1.80. The van der Waals surface area contributed by atoms with Crippen LogP contribution < -0.4 is 4.74 Å². The predicted octanol–water partition coefficient (Wildman–Crippen LogP) is 2.69. The van der Waals surface area contributed by atoms with Gasteiger partial charge in [0.1, 0.15) is 17.7 Å². The van der Waals surface area contributed by atoms with Gasteiger partial charge in [-0.15, -0.1) is 11.6 Å². The summed E-state index contributed by atoms with van der Waals surface area (Å²) in [6, 6.07) is 5.43. The smallest absolute Gasteiger partial charge is 0.240 e. The molecule has 0 aliphatic carbocycles. The van der Waals surface area contributed by atoms with Crippen LogP contribution in [0.3, 0.4) is 0 Å². The number of amides is 1. The molecular weight excluding hydrogens is 261 g/mol. The third kappa shape index (κ3) is 2.85. The zero-order valence-electron chi connectivity index (χ0n) is 9.45. The van der Waals surface area contributed by atoms with Gasteiger partial charge in [-0.1, -0.05) is 11.6 Å². The number of benzene rings is 1. The first kappa shape index (κ1) is 12.5. The highest BCUT2D eigenvalue weighted by molar-refractivity contribution is 6.31. The Morgan fingerprint density at radius 1 is 1.53 bits per heavy atom. The second-order valence-electron chi connectivity index (χ2n) is 3.98. The van der Waals surface area contributed by atoms with Crippen LogP contribution >= 0.6 is 23.2 Å². The summed E-state index contributed by atoms with van der Waals surface area (Å²) >= 11 is 11.7. The van der Waals surface area contributed by atoms with E-state index in [2.05, 4.69) is 0 Å². The molecule has 0 saturated heterocycles. The first-order valence-electron chi connectivity index (χ1n) is 5.42. The molecule has 1 heterocycles. The quantitative estimate of drug-likeness (QED) is 0.737. The molecule has 0 radical (unpaired) electrons. The van der Waals surface area contributed by atoms with E-state index >= 15 is 0 Å². The molecule has 5 heteroatoms. The minimum absolute atomic E-state index is 0.0805. The molecule has 0 bridgehead atoms. The average molecular weight is 274 g/mol. The lowest BCUT2D eigenvalue weighted by molar-refractivity contribution is -0.131. The van der Waals surface area contributed by atoms with Crippen molar-refractivity contribution in [1.29, 1.82) is 0 Å². The second kappa shape index (κ2) is 5.15. The van der Waals surface area contributed by atoms with Crippen LogP contribution in [0.25, 0.3) is 0 Å². The van der Waals surface area contributed by atoms with Crippen LogP contribution in [0.5, 0.6) is 5.75 Å². The summed E-state index contributed by atoms with van der Waals surface area (Å²) < 4.78 is 5.57. The van der Waals surface area contributed by atoms with Gasteiger partial charge in [0.05, 0.1) is 6.54 Å². The van der Waals surface area contributed by atoms with Gasteiger partial charge in [-0.3, -0.25) is 4.79 Å². The molecule has 1 atom stereocenters. The highest BCUT2D eigenvalue weighted by Gasteiger charge is 2.22. The number of rotatable bonds is 1. The van der Waals surface area contributed by atoms with E-state index < -0.39 is 5.38 Å². The van der Waals surface area contributed by atoms with E-state index in [1.165, 1.54) is 0 Å². The second-order valence-corrected chi connectivity index (χ2v) is 5.07. The summed E-state index contributed by atoms with van der Waals surface area (Å²) in [4.78, 5) is 13.5. The van der Waals surface area contributed by atoms with Gasteiger partial charge in [0.25, 0.3) is 0 Å². The molecule has 92 valence electrons. The molecule has 1 amide bonds. The Kier molecular flexibility index (Phi) is 3.79. The summed E-state index contributed by atoms with van der Waals surface area (Å²) in [6.45, 7) is 3.19. The zero-order valence-corrected chi connectivity index (χ0v) is 11.0. The Hall–Kier alpha value is -0.930. The number of ether oxygens (including phenoxy) is 1. The Labute approximate surface area is 110 Å². The summed E-state index contributed by atoms with van der Waals surface area (Å²) in [6.07, 6.45) is 0. The van der Waals surface area contributed by atoms with Crippen molar-refractivity contribution in [3.05, 3.63) is 28.8 Å². The molecule has 1 aromatic rings. The summed E-state index contributed by atoms with van der Waals surface area (Å²) in [5.41, 5.74) is 0.917. The number of carbonyl (C=O) groups excluding carboxylic acids is 1. The van der Waals surface area contributed by atoms with Crippen molar-refractivity contribution in [3.63, 3.8) is 0 Å². The molecule has 1 aromatic carbocycles. The summed E-state index contributed by atoms with van der Waals surface area (Å²) in [5, 5.41) is 0.122. The standard InChI is InChI=1S/C12H13Cl2NO2/c1-8(13)12(16)15-4-5-17-11-3-2-10(14)6-9(11)7-15/h2-3,6,8H,4-5,7H2,1H3/t8-/m1/s1. The number of fused-ring (bicyclic) bond motifs is 1. The number of hydrogen-bond donors (Lipinski definition) is 0.